The number of fused-ring (bicyclic) bond motifs is 2. The number of amides is 12. The van der Waals surface area contributed by atoms with Crippen molar-refractivity contribution in [2.24, 2.45) is 35.5 Å². The quantitative estimate of drug-likeness (QED) is 0.222. The summed E-state index contributed by atoms with van der Waals surface area (Å²) in [7, 11) is 8.68. The van der Waals surface area contributed by atoms with Crippen LogP contribution >= 0.6 is 11.6 Å². The van der Waals surface area contributed by atoms with Crippen molar-refractivity contribution in [1.29, 1.82) is 0 Å². The van der Waals surface area contributed by atoms with Gasteiger partial charge in [0.2, 0.25) is 70.9 Å². The van der Waals surface area contributed by atoms with Crippen LogP contribution in [0.2, 0.25) is 0 Å². The Hall–Kier alpha value is -6.28. The third kappa shape index (κ3) is 17.9. The van der Waals surface area contributed by atoms with Gasteiger partial charge in [-0.15, -0.1) is 11.6 Å². The molecule has 0 aromatic rings. The van der Waals surface area contributed by atoms with Gasteiger partial charge in [0.1, 0.15) is 59.9 Å². The zero-order chi connectivity index (χ0) is 72.6. The van der Waals surface area contributed by atoms with E-state index >= 15 is 19.2 Å². The zero-order valence-corrected chi connectivity index (χ0v) is 61.0. The number of rotatable bonds is 11. The highest BCUT2D eigenvalue weighted by atomic mass is 35.5. The summed E-state index contributed by atoms with van der Waals surface area (Å²) in [6.45, 7) is 12.9. The average Bonchev–Trinajstić information content (AvgIpc) is 1.54. The van der Waals surface area contributed by atoms with Gasteiger partial charge in [-0.05, 0) is 133 Å². The van der Waals surface area contributed by atoms with E-state index in [1.54, 1.807) is 18.7 Å². The molecule has 0 aromatic carbocycles. The van der Waals surface area contributed by atoms with Crippen molar-refractivity contribution in [3.05, 3.63) is 0 Å². The first-order chi connectivity index (χ1) is 46.1. The maximum Gasteiger partial charge on any atom is 0.393 e. The summed E-state index contributed by atoms with van der Waals surface area (Å²) < 4.78 is 42.0. The molecule has 0 aromatic heterocycles. The number of likely N-dealkylation sites (tertiary alicyclic amines) is 1. The molecule has 14 atom stereocenters. The molecule has 3 unspecified atom stereocenters. The second-order valence-corrected chi connectivity index (χ2v) is 30.6. The number of hydrogen-bond donors (Lipinski definition) is 3. The molecule has 98 heavy (non-hydrogen) atoms. The van der Waals surface area contributed by atoms with Crippen molar-refractivity contribution in [1.82, 2.24) is 60.0 Å². The van der Waals surface area contributed by atoms with E-state index in [-0.39, 0.29) is 95.1 Å². The molecule has 4 heterocycles. The van der Waals surface area contributed by atoms with Gasteiger partial charge in [0.05, 0.1) is 18.9 Å². The maximum atomic E-state index is 15.5. The van der Waals surface area contributed by atoms with Gasteiger partial charge < -0.3 is 60.0 Å². The number of halogens is 4. The number of nitrogens with zero attached hydrogens (tertiary/aromatic N) is 9. The molecule has 7 aliphatic rings. The molecule has 552 valence electrons. The molecule has 3 aliphatic carbocycles. The second-order valence-electron chi connectivity index (χ2n) is 30.1. The summed E-state index contributed by atoms with van der Waals surface area (Å²) in [5.74, 6) is -11.0. The van der Waals surface area contributed by atoms with E-state index in [4.69, 9.17) is 11.6 Å². The van der Waals surface area contributed by atoms with Crippen LogP contribution in [0.5, 0.6) is 0 Å². The smallest absolute Gasteiger partial charge is 0.343 e. The van der Waals surface area contributed by atoms with Crippen LogP contribution in [0.4, 0.5) is 13.2 Å². The lowest BCUT2D eigenvalue weighted by molar-refractivity contribution is -0.182. The summed E-state index contributed by atoms with van der Waals surface area (Å²) in [5, 5.41) is 7.60. The van der Waals surface area contributed by atoms with Crippen molar-refractivity contribution in [3.63, 3.8) is 0 Å². The molecule has 3 N–H and O–H groups in total. The van der Waals surface area contributed by atoms with E-state index in [9.17, 15) is 51.5 Å². The predicted molar refractivity (Wildman–Crippen MR) is 361 cm³/mol. The fourth-order valence-corrected chi connectivity index (χ4v) is 16.7. The number of alkyl halides is 4. The summed E-state index contributed by atoms with van der Waals surface area (Å²) in [5.41, 5.74) is -1.56. The largest absolute Gasteiger partial charge is 0.393 e. The molecule has 4 aliphatic heterocycles. The van der Waals surface area contributed by atoms with Crippen molar-refractivity contribution >= 4 is 82.5 Å². The fraction of sp³-hybridized carbons (Fsp3) is 0.829. The highest BCUT2D eigenvalue weighted by Gasteiger charge is 2.53. The summed E-state index contributed by atoms with van der Waals surface area (Å²) in [6.07, 6.45) is 2.16. The van der Waals surface area contributed by atoms with E-state index in [0.29, 0.717) is 70.9 Å². The minimum absolute atomic E-state index is 0.00144. The molecule has 24 nitrogen and oxygen atoms in total. The lowest BCUT2D eigenvalue weighted by atomic mass is 9.78. The van der Waals surface area contributed by atoms with E-state index in [0.717, 1.165) is 12.8 Å². The van der Waals surface area contributed by atoms with E-state index in [1.165, 1.54) is 88.4 Å². The number of carbonyl (C=O) groups is 12. The van der Waals surface area contributed by atoms with Crippen LogP contribution in [0.1, 0.15) is 190 Å². The molecule has 4 saturated heterocycles. The van der Waals surface area contributed by atoms with Crippen LogP contribution in [0.3, 0.4) is 0 Å². The van der Waals surface area contributed by atoms with Crippen molar-refractivity contribution in [3.8, 4) is 0 Å². The lowest BCUT2D eigenvalue weighted by Crippen LogP contribution is -2.65. The Morgan fingerprint density at radius 1 is 0.612 bits per heavy atom. The van der Waals surface area contributed by atoms with Gasteiger partial charge in [-0.1, -0.05) is 80.1 Å². The minimum atomic E-state index is -4.51. The first kappa shape index (κ1) is 79.1. The van der Waals surface area contributed by atoms with Crippen molar-refractivity contribution in [2.45, 2.75) is 261 Å². The minimum Gasteiger partial charge on any atom is -0.343 e. The van der Waals surface area contributed by atoms with E-state index in [2.05, 4.69) is 16.0 Å². The van der Waals surface area contributed by atoms with Gasteiger partial charge in [0, 0.05) is 73.8 Å². The van der Waals surface area contributed by atoms with Crippen LogP contribution in [0.15, 0.2) is 0 Å². The molecular formula is C70H112ClF3N12O12. The topological polar surface area (TPSA) is 270 Å². The van der Waals surface area contributed by atoms with Crippen LogP contribution in [0.25, 0.3) is 0 Å². The number of nitrogens with one attached hydrogen (secondary N) is 3. The summed E-state index contributed by atoms with van der Waals surface area (Å²) in [6, 6.07) is -10.7. The molecule has 0 bridgehead atoms. The van der Waals surface area contributed by atoms with Gasteiger partial charge in [0.25, 0.3) is 0 Å². The molecule has 0 radical (unpaired) electrons. The molecule has 3 saturated carbocycles. The highest BCUT2D eigenvalue weighted by Crippen LogP contribution is 2.44. The van der Waals surface area contributed by atoms with E-state index < -0.39 is 173 Å². The number of likely N-dealkylation sites (N-methyl/N-ethyl adjacent to an activating group) is 6. The number of carbonyl (C=O) groups excluding carboxylic acids is 12. The third-order valence-electron chi connectivity index (χ3n) is 23.1. The van der Waals surface area contributed by atoms with E-state index in [1.807, 2.05) is 27.7 Å². The Bertz CT molecular complexity index is 2910. The molecular weight excluding hydrogens is 1290 g/mol. The Kier molecular flexibility index (Phi) is 27.4. The van der Waals surface area contributed by atoms with Crippen LogP contribution in [0, 0.1) is 35.5 Å². The first-order valence-electron chi connectivity index (χ1n) is 36.2. The SMILES string of the molecule is CC[C@H](C)[C@@H]1NC(=O)[C@H](CC(C)C)N(C)C(=O)C[C@@H](C(=O)N2CCCC2)N(C)C(=O)[C@H]([C@@H](C)CC)N(C)C(=O)C2(CCCC2)NC(=O)[C@@H]2CCCN2C(=O)[C@H](CCC2CCC(C(F)(F)F)C(Cl)C2)NC(=O)CN(C)C(=O)[C@H](C2CCCC2)N(C)C(=O)[C@@H]2CCN2C(=O)[C@H](C)N(C)C1=O. The summed E-state index contributed by atoms with van der Waals surface area (Å²) >= 11 is 6.39. The first-order valence-corrected chi connectivity index (χ1v) is 36.6. The van der Waals surface area contributed by atoms with Gasteiger partial charge >= 0.3 is 6.18 Å². The Morgan fingerprint density at radius 2 is 1.23 bits per heavy atom. The monoisotopic (exact) mass is 1400 g/mol. The Morgan fingerprint density at radius 3 is 1.81 bits per heavy atom. The van der Waals surface area contributed by atoms with Crippen LogP contribution < -0.4 is 16.0 Å². The van der Waals surface area contributed by atoms with Gasteiger partial charge in [-0.2, -0.15) is 13.2 Å². The highest BCUT2D eigenvalue weighted by molar-refractivity contribution is 6.21. The molecule has 7 fully saturated rings. The van der Waals surface area contributed by atoms with Gasteiger partial charge in [-0.25, -0.2) is 0 Å². The van der Waals surface area contributed by atoms with Crippen LogP contribution in [-0.4, -0.2) is 261 Å². The lowest BCUT2D eigenvalue weighted by Gasteiger charge is -2.45. The second kappa shape index (κ2) is 33.9. The Balaban J connectivity index is 1.27. The Labute approximate surface area is 582 Å². The van der Waals surface area contributed by atoms with Crippen molar-refractivity contribution < 1.29 is 70.7 Å². The standard InChI is InChI=1S/C70H112ClF3N12O12/c1-14-42(5)56-65(95)79(9)44(7)61(91)86-36-30-51(86)63(93)82(12)58(46-23-16-17-24-46)66(96)78(8)40-54(87)75-49(29-27-45-26-28-47(48(71)38-45)70(72,73)74)62(92)85-35-22-25-50(85)60(90)77-69(31-18-19-32-69)68(98)83(13)57(43(6)15-2)67(97)81(11)53(64(94)84-33-20-21-34-84)39-55(88)80(10)52(37-41(3)4)59(89)76-56/h41-53,56-58H,14-40H2,1-13H3,(H,75,87)(H,76,89)(H,77,90)/t42-,43-,44-,45?,47?,48?,49-,50-,51-,52-,53-,56-,57-,58-/m0/s1. The maximum absolute atomic E-state index is 15.5. The van der Waals surface area contributed by atoms with Crippen molar-refractivity contribution in [2.75, 3.05) is 75.0 Å². The third-order valence-corrected chi connectivity index (χ3v) is 23.5. The molecule has 1 spiro atoms. The average molecular weight is 1410 g/mol. The van der Waals surface area contributed by atoms with Crippen LogP contribution in [-0.2, 0) is 57.5 Å². The number of hydrogen-bond acceptors (Lipinski definition) is 12. The molecule has 12 amide bonds. The van der Waals surface area contributed by atoms with Gasteiger partial charge in [-0.3, -0.25) is 57.5 Å². The molecule has 28 heteroatoms. The summed E-state index contributed by atoms with van der Waals surface area (Å²) in [4.78, 5) is 191. The fourth-order valence-electron chi connectivity index (χ4n) is 16.2. The predicted octanol–water partition coefficient (Wildman–Crippen LogP) is 5.31. The van der Waals surface area contributed by atoms with Gasteiger partial charge in [0.15, 0.2) is 0 Å². The zero-order valence-electron chi connectivity index (χ0n) is 60.3. The normalized spacial score (nSPS) is 31.4. The molecule has 7 rings (SSSR count).